The van der Waals surface area contributed by atoms with E-state index in [1.807, 2.05) is 0 Å². The highest BCUT2D eigenvalue weighted by Crippen LogP contribution is 2.62. The molecule has 0 bridgehead atoms. The largest absolute Gasteiger partial charge is 0.508 e. The summed E-state index contributed by atoms with van der Waals surface area (Å²) in [5.74, 6) is -11.5. The highest BCUT2D eigenvalue weighted by atomic mass is 16.5. The Hall–Kier alpha value is -7.80. The molecular formula is C45H38O18. The van der Waals surface area contributed by atoms with Crippen LogP contribution in [0.3, 0.4) is 0 Å². The number of aliphatic hydroxyl groups excluding tert-OH is 3. The molecule has 0 radical (unpaired) electrons. The molecule has 326 valence electrons. The van der Waals surface area contributed by atoms with E-state index in [2.05, 4.69) is 0 Å². The third-order valence-electron chi connectivity index (χ3n) is 11.8. The lowest BCUT2D eigenvalue weighted by Gasteiger charge is -2.42. The molecule has 0 saturated heterocycles. The van der Waals surface area contributed by atoms with Gasteiger partial charge in [-0.25, -0.2) is 0 Å². The van der Waals surface area contributed by atoms with Gasteiger partial charge in [-0.2, -0.15) is 0 Å². The van der Waals surface area contributed by atoms with Crippen molar-refractivity contribution < 1.29 is 90.8 Å². The van der Waals surface area contributed by atoms with Gasteiger partial charge in [-0.3, -0.25) is 0 Å². The molecule has 0 aliphatic carbocycles. The zero-order chi connectivity index (χ0) is 44.9. The van der Waals surface area contributed by atoms with E-state index in [1.165, 1.54) is 30.3 Å². The van der Waals surface area contributed by atoms with Gasteiger partial charge < -0.3 is 90.8 Å². The van der Waals surface area contributed by atoms with Gasteiger partial charge in [-0.15, -0.1) is 0 Å². The Kier molecular flexibility index (Phi) is 9.46. The number of hydrogen-bond donors (Lipinski definition) is 15. The fraction of sp³-hybridized carbons (Fsp3) is 0.200. The van der Waals surface area contributed by atoms with Gasteiger partial charge in [0.05, 0.1) is 17.9 Å². The second-order valence-electron chi connectivity index (χ2n) is 15.7. The molecule has 3 aliphatic heterocycles. The van der Waals surface area contributed by atoms with Crippen molar-refractivity contribution in [2.75, 3.05) is 0 Å². The summed E-state index contributed by atoms with van der Waals surface area (Å²) >= 11 is 0. The quantitative estimate of drug-likeness (QED) is 0.106. The van der Waals surface area contributed by atoms with E-state index in [-0.39, 0.29) is 56.9 Å². The molecule has 8 atom stereocenters. The molecule has 15 N–H and O–H groups in total. The van der Waals surface area contributed by atoms with E-state index in [0.717, 1.165) is 48.5 Å². The number of aliphatic hydroxyl groups is 3. The van der Waals surface area contributed by atoms with Gasteiger partial charge in [0.2, 0.25) is 0 Å². The van der Waals surface area contributed by atoms with Crippen molar-refractivity contribution in [3.05, 3.63) is 123 Å². The highest BCUT2D eigenvalue weighted by molar-refractivity contribution is 5.70. The van der Waals surface area contributed by atoms with Crippen molar-refractivity contribution in [3.8, 4) is 86.2 Å². The SMILES string of the molecule is Oc1cc(O)c2c(c1)OC(c1ccc(O)c(O)c1)C(O)C2c1c(O)cc(O)c2c1OC(c1ccc(O)c(O)c1)C(O)C2c1c(O)cc2c(c1O)CC(O)C(c1ccc(O)c(O)c1)O2. The number of fused-ring (bicyclic) bond motifs is 3. The minimum atomic E-state index is -1.91. The summed E-state index contributed by atoms with van der Waals surface area (Å²) in [6, 6.07) is 14.6. The third-order valence-corrected chi connectivity index (χ3v) is 11.8. The second-order valence-corrected chi connectivity index (χ2v) is 15.7. The van der Waals surface area contributed by atoms with Gasteiger partial charge in [0, 0.05) is 58.5 Å². The zero-order valence-electron chi connectivity index (χ0n) is 32.3. The van der Waals surface area contributed by atoms with Crippen LogP contribution < -0.4 is 14.2 Å². The summed E-state index contributed by atoms with van der Waals surface area (Å²) in [6.07, 6.45) is -9.76. The lowest BCUT2D eigenvalue weighted by molar-refractivity contribution is -0.00377. The average Bonchev–Trinajstić information content (AvgIpc) is 3.22. The van der Waals surface area contributed by atoms with Gasteiger partial charge in [-0.05, 0) is 53.1 Å². The van der Waals surface area contributed by atoms with Gasteiger partial charge in [0.25, 0.3) is 0 Å². The van der Waals surface area contributed by atoms with Crippen LogP contribution in [0, 0.1) is 0 Å². The summed E-state index contributed by atoms with van der Waals surface area (Å²) in [4.78, 5) is 0. The Balaban J connectivity index is 1.26. The standard InChI is InChI=1S/C45H38O18/c46-18-10-26(53)33-32(11-18)62-43(16-2-5-21(48)24(51)8-16)40(59)37(33)35-27(54)13-28(55)36-38(41(60)44(63-45(35)36)17-3-6-22(49)25(52)9-17)34-29(56)14-31-19(39(34)58)12-30(57)42(61-31)15-1-4-20(47)23(50)7-15/h1-11,13-14,30,37-38,40-44,46-60H,12H2. The van der Waals surface area contributed by atoms with Gasteiger partial charge in [-0.1, -0.05) is 18.2 Å². The summed E-state index contributed by atoms with van der Waals surface area (Å²) in [6.45, 7) is 0. The van der Waals surface area contributed by atoms with E-state index < -0.39 is 129 Å². The van der Waals surface area contributed by atoms with E-state index >= 15 is 0 Å². The molecule has 63 heavy (non-hydrogen) atoms. The topological polar surface area (TPSA) is 331 Å². The molecule has 0 saturated carbocycles. The summed E-state index contributed by atoms with van der Waals surface area (Å²) in [5, 5.41) is 166. The predicted molar refractivity (Wildman–Crippen MR) is 214 cm³/mol. The normalized spacial score (nSPS) is 23.6. The summed E-state index contributed by atoms with van der Waals surface area (Å²) in [5.41, 5.74) is -1.17. The molecule has 8 unspecified atom stereocenters. The molecule has 0 aromatic heterocycles. The minimum absolute atomic E-state index is 0.0175. The minimum Gasteiger partial charge on any atom is -0.508 e. The number of phenolic OH excluding ortho intramolecular Hbond substituents is 12. The maximum absolute atomic E-state index is 12.3. The molecule has 9 rings (SSSR count). The van der Waals surface area contributed by atoms with Crippen LogP contribution in [0.25, 0.3) is 0 Å². The maximum Gasteiger partial charge on any atom is 0.157 e. The Morgan fingerprint density at radius 2 is 0.825 bits per heavy atom. The van der Waals surface area contributed by atoms with Crippen LogP contribution in [0.15, 0.2) is 78.9 Å². The second kappa shape index (κ2) is 14.7. The molecule has 0 spiro atoms. The van der Waals surface area contributed by atoms with Crippen molar-refractivity contribution in [1.82, 2.24) is 0 Å². The van der Waals surface area contributed by atoms with Crippen LogP contribution in [0.5, 0.6) is 86.2 Å². The molecule has 6 aromatic rings. The van der Waals surface area contributed by atoms with Crippen LogP contribution in [0.2, 0.25) is 0 Å². The van der Waals surface area contributed by atoms with Crippen molar-refractivity contribution in [2.45, 2.75) is 54.9 Å². The van der Waals surface area contributed by atoms with E-state index in [4.69, 9.17) is 14.2 Å². The van der Waals surface area contributed by atoms with E-state index in [1.54, 1.807) is 0 Å². The first kappa shape index (κ1) is 40.6. The van der Waals surface area contributed by atoms with Crippen LogP contribution in [0.1, 0.15) is 74.7 Å². The fourth-order valence-corrected chi connectivity index (χ4v) is 8.93. The smallest absolute Gasteiger partial charge is 0.157 e. The first-order chi connectivity index (χ1) is 29.9. The average molecular weight is 867 g/mol. The van der Waals surface area contributed by atoms with Crippen molar-refractivity contribution in [3.63, 3.8) is 0 Å². The number of ether oxygens (including phenoxy) is 3. The Morgan fingerprint density at radius 3 is 1.35 bits per heavy atom. The molecular weight excluding hydrogens is 828 g/mol. The third kappa shape index (κ3) is 6.46. The summed E-state index contributed by atoms with van der Waals surface area (Å²) < 4.78 is 18.5. The Bertz CT molecular complexity index is 2840. The monoisotopic (exact) mass is 866 g/mol. The number of benzene rings is 6. The molecule has 0 fully saturated rings. The fourth-order valence-electron chi connectivity index (χ4n) is 8.93. The van der Waals surface area contributed by atoms with Crippen LogP contribution >= 0.6 is 0 Å². The first-order valence-corrected chi connectivity index (χ1v) is 19.3. The highest BCUT2D eigenvalue weighted by Gasteiger charge is 2.50. The van der Waals surface area contributed by atoms with Crippen LogP contribution in [-0.4, -0.2) is 94.9 Å². The molecule has 0 amide bonds. The predicted octanol–water partition coefficient (Wildman–Crippen LogP) is 4.44. The van der Waals surface area contributed by atoms with Gasteiger partial charge in [0.1, 0.15) is 70.1 Å². The molecule has 18 nitrogen and oxygen atoms in total. The van der Waals surface area contributed by atoms with Gasteiger partial charge in [0.15, 0.2) is 46.7 Å². The van der Waals surface area contributed by atoms with Crippen LogP contribution in [-0.2, 0) is 6.42 Å². The van der Waals surface area contributed by atoms with Crippen LogP contribution in [0.4, 0.5) is 0 Å². The zero-order valence-corrected chi connectivity index (χ0v) is 32.3. The van der Waals surface area contributed by atoms with E-state index in [9.17, 15) is 76.6 Å². The lowest BCUT2D eigenvalue weighted by atomic mass is 9.73. The Morgan fingerprint density at radius 1 is 0.381 bits per heavy atom. The molecule has 3 heterocycles. The number of phenols is 12. The lowest BCUT2D eigenvalue weighted by Crippen LogP contribution is -2.38. The van der Waals surface area contributed by atoms with Crippen molar-refractivity contribution in [1.29, 1.82) is 0 Å². The van der Waals surface area contributed by atoms with E-state index in [0.29, 0.717) is 0 Å². The number of aromatic hydroxyl groups is 12. The first-order valence-electron chi connectivity index (χ1n) is 19.3. The van der Waals surface area contributed by atoms with Gasteiger partial charge >= 0.3 is 0 Å². The molecule has 6 aromatic carbocycles. The van der Waals surface area contributed by atoms with Crippen molar-refractivity contribution in [2.24, 2.45) is 0 Å². The number of hydrogen-bond acceptors (Lipinski definition) is 18. The maximum atomic E-state index is 12.3. The summed E-state index contributed by atoms with van der Waals surface area (Å²) in [7, 11) is 0. The molecule has 3 aliphatic rings. The number of rotatable bonds is 5. The van der Waals surface area contributed by atoms with Crippen molar-refractivity contribution >= 4 is 0 Å². The molecule has 18 heteroatoms. The Labute approximate surface area is 354 Å².